The Kier molecular flexibility index (Phi) is 5.12. The minimum absolute atomic E-state index is 0. The average Bonchev–Trinajstić information content (AvgIpc) is 2.82. The molecule has 0 saturated carbocycles. The van der Waals surface area contributed by atoms with Crippen LogP contribution in [0.2, 0.25) is 0 Å². The van der Waals surface area contributed by atoms with Crippen molar-refractivity contribution in [3.8, 4) is 0 Å². The molecule has 1 aromatic carbocycles. The quantitative estimate of drug-likeness (QED) is 0.757. The van der Waals surface area contributed by atoms with Crippen LogP contribution in [0.5, 0.6) is 0 Å². The van der Waals surface area contributed by atoms with E-state index in [-0.39, 0.29) is 24.2 Å². The van der Waals surface area contributed by atoms with E-state index in [9.17, 15) is 9.59 Å². The van der Waals surface area contributed by atoms with Gasteiger partial charge in [0.2, 0.25) is 11.8 Å². The van der Waals surface area contributed by atoms with Crippen molar-refractivity contribution < 1.29 is 9.59 Å². The van der Waals surface area contributed by atoms with Gasteiger partial charge in [-0.15, -0.1) is 12.4 Å². The largest absolute Gasteiger partial charge is 0.366 e. The molecular weight excluding hydrogens is 254 g/mol. The summed E-state index contributed by atoms with van der Waals surface area (Å²) < 4.78 is 0. The Labute approximate surface area is 112 Å². The lowest BCUT2D eigenvalue weighted by molar-refractivity contribution is -0.119. The summed E-state index contributed by atoms with van der Waals surface area (Å²) in [5.74, 6) is -0.507. The Morgan fingerprint density at radius 3 is 2.78 bits per heavy atom. The Balaban J connectivity index is 0.00000162. The third kappa shape index (κ3) is 3.45. The number of primary amides is 1. The lowest BCUT2D eigenvalue weighted by atomic mass is 10.1. The summed E-state index contributed by atoms with van der Waals surface area (Å²) >= 11 is 0. The zero-order valence-corrected chi connectivity index (χ0v) is 10.6. The fraction of sp³-hybridized carbons (Fsp3) is 0.333. The van der Waals surface area contributed by atoms with Gasteiger partial charge in [-0.25, -0.2) is 0 Å². The molecule has 0 aromatic heterocycles. The van der Waals surface area contributed by atoms with Crippen molar-refractivity contribution >= 4 is 29.9 Å². The molecule has 0 aliphatic carbocycles. The molecule has 1 unspecified atom stereocenters. The van der Waals surface area contributed by atoms with E-state index in [0.717, 1.165) is 13.0 Å². The second-order valence-electron chi connectivity index (χ2n) is 4.12. The number of rotatable bonds is 3. The molecule has 2 rings (SSSR count). The van der Waals surface area contributed by atoms with Gasteiger partial charge in [0.1, 0.15) is 0 Å². The van der Waals surface area contributed by atoms with Gasteiger partial charge in [-0.05, 0) is 31.2 Å². The normalized spacial score (nSPS) is 17.9. The van der Waals surface area contributed by atoms with Crippen LogP contribution in [0.4, 0.5) is 5.69 Å². The van der Waals surface area contributed by atoms with Crippen molar-refractivity contribution in [1.29, 1.82) is 0 Å². The number of amides is 2. The molecule has 1 fully saturated rings. The van der Waals surface area contributed by atoms with Crippen LogP contribution in [-0.2, 0) is 4.79 Å². The second kappa shape index (κ2) is 6.37. The van der Waals surface area contributed by atoms with Crippen LogP contribution in [0, 0.1) is 5.92 Å². The molecule has 1 heterocycles. The number of nitrogens with two attached hydrogens (primary N) is 1. The van der Waals surface area contributed by atoms with Crippen molar-refractivity contribution in [2.24, 2.45) is 11.7 Å². The van der Waals surface area contributed by atoms with Gasteiger partial charge >= 0.3 is 0 Å². The number of carbonyl (C=O) groups is 2. The molecule has 98 valence electrons. The zero-order chi connectivity index (χ0) is 12.3. The third-order valence-corrected chi connectivity index (χ3v) is 2.85. The summed E-state index contributed by atoms with van der Waals surface area (Å²) in [6.45, 7) is 1.58. The maximum absolute atomic E-state index is 11.8. The highest BCUT2D eigenvalue weighted by Crippen LogP contribution is 2.14. The molecule has 0 radical (unpaired) electrons. The van der Waals surface area contributed by atoms with Crippen LogP contribution in [0.3, 0.4) is 0 Å². The maximum Gasteiger partial charge on any atom is 0.248 e. The molecule has 0 bridgehead atoms. The van der Waals surface area contributed by atoms with Crippen molar-refractivity contribution in [3.05, 3.63) is 29.8 Å². The van der Waals surface area contributed by atoms with Gasteiger partial charge in [0.15, 0.2) is 0 Å². The van der Waals surface area contributed by atoms with Crippen LogP contribution >= 0.6 is 12.4 Å². The van der Waals surface area contributed by atoms with Crippen molar-refractivity contribution in [2.45, 2.75) is 6.42 Å². The van der Waals surface area contributed by atoms with Gasteiger partial charge in [-0.1, -0.05) is 6.07 Å². The standard InChI is InChI=1S/C12H15N3O2.ClH/c13-11(16)8-2-1-3-10(6-8)15-12(17)9-4-5-14-7-9;/h1-3,6,9,14H,4-5,7H2,(H2,13,16)(H,15,17);1H. The summed E-state index contributed by atoms with van der Waals surface area (Å²) in [6.07, 6.45) is 0.849. The van der Waals surface area contributed by atoms with Gasteiger partial charge in [0.05, 0.1) is 5.92 Å². The highest BCUT2D eigenvalue weighted by Gasteiger charge is 2.22. The molecule has 6 heteroatoms. The summed E-state index contributed by atoms with van der Waals surface area (Å²) in [5, 5.41) is 5.93. The number of hydrogen-bond acceptors (Lipinski definition) is 3. The minimum Gasteiger partial charge on any atom is -0.366 e. The average molecular weight is 270 g/mol. The molecule has 1 aliphatic rings. The summed E-state index contributed by atoms with van der Waals surface area (Å²) in [5.41, 5.74) is 6.18. The maximum atomic E-state index is 11.8. The smallest absolute Gasteiger partial charge is 0.248 e. The summed E-state index contributed by atoms with van der Waals surface area (Å²) in [6, 6.07) is 6.65. The fourth-order valence-electron chi connectivity index (χ4n) is 1.87. The van der Waals surface area contributed by atoms with Crippen LogP contribution in [0.15, 0.2) is 24.3 Å². The highest BCUT2D eigenvalue weighted by atomic mass is 35.5. The van der Waals surface area contributed by atoms with E-state index >= 15 is 0 Å². The Hall–Kier alpha value is -1.59. The molecule has 0 spiro atoms. The number of hydrogen-bond donors (Lipinski definition) is 3. The van der Waals surface area contributed by atoms with Crippen LogP contribution in [0.1, 0.15) is 16.8 Å². The van der Waals surface area contributed by atoms with E-state index in [4.69, 9.17) is 5.73 Å². The number of halogens is 1. The lowest BCUT2D eigenvalue weighted by Crippen LogP contribution is -2.24. The number of anilines is 1. The first-order chi connectivity index (χ1) is 8.16. The summed E-state index contributed by atoms with van der Waals surface area (Å²) in [4.78, 5) is 22.8. The Morgan fingerprint density at radius 1 is 1.39 bits per heavy atom. The highest BCUT2D eigenvalue weighted by molar-refractivity contribution is 5.97. The van der Waals surface area contributed by atoms with E-state index in [1.54, 1.807) is 24.3 Å². The Bertz CT molecular complexity index is 445. The van der Waals surface area contributed by atoms with Crippen molar-refractivity contribution in [1.82, 2.24) is 5.32 Å². The zero-order valence-electron chi connectivity index (χ0n) is 9.81. The number of nitrogens with one attached hydrogen (secondary N) is 2. The predicted molar refractivity (Wildman–Crippen MR) is 71.8 cm³/mol. The molecule has 1 atom stereocenters. The Morgan fingerprint density at radius 2 is 2.17 bits per heavy atom. The molecule has 2 amide bonds. The van der Waals surface area contributed by atoms with Crippen LogP contribution in [-0.4, -0.2) is 24.9 Å². The summed E-state index contributed by atoms with van der Waals surface area (Å²) in [7, 11) is 0. The van der Waals surface area contributed by atoms with Crippen molar-refractivity contribution in [3.63, 3.8) is 0 Å². The molecule has 1 saturated heterocycles. The molecule has 5 nitrogen and oxygen atoms in total. The van der Waals surface area contributed by atoms with E-state index in [1.807, 2.05) is 0 Å². The van der Waals surface area contributed by atoms with Gasteiger partial charge in [-0.2, -0.15) is 0 Å². The van der Waals surface area contributed by atoms with Gasteiger partial charge in [0, 0.05) is 17.8 Å². The third-order valence-electron chi connectivity index (χ3n) is 2.85. The predicted octanol–water partition coefficient (Wildman–Crippen LogP) is 0.755. The van der Waals surface area contributed by atoms with Crippen LogP contribution in [0.25, 0.3) is 0 Å². The van der Waals surface area contributed by atoms with Gasteiger partial charge < -0.3 is 16.4 Å². The topological polar surface area (TPSA) is 84.2 Å². The van der Waals surface area contributed by atoms with E-state index in [2.05, 4.69) is 10.6 Å². The second-order valence-corrected chi connectivity index (χ2v) is 4.12. The molecule has 1 aromatic rings. The SMILES string of the molecule is Cl.NC(=O)c1cccc(NC(=O)C2CCNC2)c1. The first-order valence-electron chi connectivity index (χ1n) is 5.58. The molecular formula is C12H16ClN3O2. The monoisotopic (exact) mass is 269 g/mol. The molecule has 1 aliphatic heterocycles. The van der Waals surface area contributed by atoms with Crippen molar-refractivity contribution in [2.75, 3.05) is 18.4 Å². The molecule has 4 N–H and O–H groups in total. The number of benzene rings is 1. The van der Waals surface area contributed by atoms with Gasteiger partial charge in [-0.3, -0.25) is 9.59 Å². The van der Waals surface area contributed by atoms with Crippen LogP contribution < -0.4 is 16.4 Å². The number of carbonyl (C=O) groups excluding carboxylic acids is 2. The van der Waals surface area contributed by atoms with Gasteiger partial charge in [0.25, 0.3) is 0 Å². The van der Waals surface area contributed by atoms with E-state index < -0.39 is 5.91 Å². The first kappa shape index (κ1) is 14.5. The fourth-order valence-corrected chi connectivity index (χ4v) is 1.87. The van der Waals surface area contributed by atoms with E-state index in [1.165, 1.54) is 0 Å². The lowest BCUT2D eigenvalue weighted by Gasteiger charge is -2.10. The minimum atomic E-state index is -0.497. The molecule has 18 heavy (non-hydrogen) atoms. The van der Waals surface area contributed by atoms with E-state index in [0.29, 0.717) is 17.8 Å². The first-order valence-corrected chi connectivity index (χ1v) is 5.58.